The van der Waals surface area contributed by atoms with Gasteiger partial charge < -0.3 is 9.64 Å². The van der Waals surface area contributed by atoms with E-state index in [9.17, 15) is 0 Å². The average molecular weight is 346 g/mol. The van der Waals surface area contributed by atoms with Gasteiger partial charge in [0.2, 0.25) is 0 Å². The van der Waals surface area contributed by atoms with Gasteiger partial charge in [-0.05, 0) is 34.8 Å². The second-order valence-electron chi connectivity index (χ2n) is 5.56. The molecule has 21 heavy (non-hydrogen) atoms. The molecular weight excluding hydrogens is 330 g/mol. The second-order valence-corrected chi connectivity index (χ2v) is 6.37. The number of nitrogens with zero attached hydrogens (tertiary/aromatic N) is 3. The molecule has 2 aromatic rings. The minimum atomic E-state index is 0.553. The van der Waals surface area contributed by atoms with Crippen LogP contribution in [0.25, 0.3) is 0 Å². The molecular formula is C16H16BrN3O. The topological polar surface area (TPSA) is 38.2 Å². The fourth-order valence-electron chi connectivity index (χ4n) is 2.63. The number of anilines is 1. The van der Waals surface area contributed by atoms with Crippen LogP contribution in [-0.2, 0) is 6.54 Å². The number of para-hydroxylation sites is 1. The van der Waals surface area contributed by atoms with Crippen LogP contribution in [0.1, 0.15) is 30.1 Å². The summed E-state index contributed by atoms with van der Waals surface area (Å²) in [6.07, 6.45) is 2.42. The van der Waals surface area contributed by atoms with Crippen LogP contribution in [-0.4, -0.2) is 23.1 Å². The third kappa shape index (κ3) is 2.75. The van der Waals surface area contributed by atoms with Crippen molar-refractivity contribution in [1.29, 1.82) is 0 Å². The lowest BCUT2D eigenvalue weighted by Crippen LogP contribution is -2.26. The number of rotatable bonds is 2. The number of hydrogen-bond acceptors (Lipinski definition) is 4. The van der Waals surface area contributed by atoms with Crippen molar-refractivity contribution in [2.24, 2.45) is 0 Å². The van der Waals surface area contributed by atoms with Gasteiger partial charge in [-0.25, -0.2) is 9.97 Å². The molecule has 1 aliphatic carbocycles. The van der Waals surface area contributed by atoms with E-state index >= 15 is 0 Å². The normalized spacial score (nSPS) is 17.9. The van der Waals surface area contributed by atoms with Gasteiger partial charge in [0, 0.05) is 24.1 Å². The molecule has 4 nitrogen and oxygen atoms in total. The summed E-state index contributed by atoms with van der Waals surface area (Å²) >= 11 is 3.52. The van der Waals surface area contributed by atoms with E-state index in [1.807, 2.05) is 18.2 Å². The molecule has 2 heterocycles. The Kier molecular flexibility index (Phi) is 3.30. The number of halogens is 1. The molecule has 1 saturated carbocycles. The second kappa shape index (κ2) is 5.30. The Labute approximate surface area is 132 Å². The molecule has 1 aromatic heterocycles. The molecule has 0 bridgehead atoms. The zero-order chi connectivity index (χ0) is 14.2. The minimum Gasteiger partial charge on any atom is -0.491 e. The standard InChI is InChI=1S/C16H16BrN3O/c17-14-9-15(19-16(18-14)11-5-6-11)20-7-8-21-13-4-2-1-3-12(13)10-20/h1-4,9,11H,5-8,10H2. The van der Waals surface area contributed by atoms with Gasteiger partial charge >= 0.3 is 0 Å². The summed E-state index contributed by atoms with van der Waals surface area (Å²) < 4.78 is 6.69. The predicted octanol–water partition coefficient (Wildman–Crippen LogP) is 3.52. The van der Waals surface area contributed by atoms with Gasteiger partial charge in [0.25, 0.3) is 0 Å². The van der Waals surface area contributed by atoms with E-state index in [0.717, 1.165) is 35.1 Å². The number of aromatic nitrogens is 2. The highest BCUT2D eigenvalue weighted by molar-refractivity contribution is 9.10. The summed E-state index contributed by atoms with van der Waals surface area (Å²) in [5.74, 6) is 3.49. The maximum Gasteiger partial charge on any atom is 0.135 e. The molecule has 0 radical (unpaired) electrons. The molecule has 5 heteroatoms. The zero-order valence-corrected chi connectivity index (χ0v) is 13.2. The largest absolute Gasteiger partial charge is 0.491 e. The highest BCUT2D eigenvalue weighted by atomic mass is 79.9. The maximum absolute atomic E-state index is 5.82. The number of fused-ring (bicyclic) bond motifs is 1. The van der Waals surface area contributed by atoms with Crippen LogP contribution in [0.5, 0.6) is 5.75 Å². The predicted molar refractivity (Wildman–Crippen MR) is 84.7 cm³/mol. The van der Waals surface area contributed by atoms with E-state index in [-0.39, 0.29) is 0 Å². The number of benzene rings is 1. The Morgan fingerprint density at radius 2 is 2.05 bits per heavy atom. The van der Waals surface area contributed by atoms with Crippen molar-refractivity contribution in [2.45, 2.75) is 25.3 Å². The molecule has 0 N–H and O–H groups in total. The smallest absolute Gasteiger partial charge is 0.135 e. The molecule has 0 spiro atoms. The molecule has 2 aliphatic rings. The first kappa shape index (κ1) is 13.1. The Morgan fingerprint density at radius 1 is 1.19 bits per heavy atom. The van der Waals surface area contributed by atoms with Crippen LogP contribution in [0.4, 0.5) is 5.82 Å². The van der Waals surface area contributed by atoms with E-state index in [0.29, 0.717) is 12.5 Å². The van der Waals surface area contributed by atoms with Crippen molar-refractivity contribution in [3.05, 3.63) is 46.3 Å². The van der Waals surface area contributed by atoms with Crippen LogP contribution in [0, 0.1) is 0 Å². The Balaban J connectivity index is 1.67. The van der Waals surface area contributed by atoms with Gasteiger partial charge in [0.15, 0.2) is 0 Å². The molecule has 0 unspecified atom stereocenters. The quantitative estimate of drug-likeness (QED) is 0.780. The summed E-state index contributed by atoms with van der Waals surface area (Å²) in [5, 5.41) is 0. The van der Waals surface area contributed by atoms with Gasteiger partial charge in [-0.2, -0.15) is 0 Å². The van der Waals surface area contributed by atoms with E-state index in [1.165, 1.54) is 18.4 Å². The molecule has 0 amide bonds. The molecule has 0 saturated heterocycles. The van der Waals surface area contributed by atoms with E-state index in [2.05, 4.69) is 37.9 Å². The first-order valence-corrected chi connectivity index (χ1v) is 8.09. The summed E-state index contributed by atoms with van der Waals surface area (Å²) in [6.45, 7) is 2.34. The molecule has 108 valence electrons. The SMILES string of the molecule is Brc1cc(N2CCOc3ccccc3C2)nc(C2CC2)n1. The van der Waals surface area contributed by atoms with Crippen molar-refractivity contribution in [3.8, 4) is 5.75 Å². The van der Waals surface area contributed by atoms with Crippen LogP contribution in [0.3, 0.4) is 0 Å². The van der Waals surface area contributed by atoms with Gasteiger partial charge in [-0.3, -0.25) is 0 Å². The van der Waals surface area contributed by atoms with Crippen LogP contribution in [0.15, 0.2) is 34.9 Å². The van der Waals surface area contributed by atoms with E-state index in [1.54, 1.807) is 0 Å². The summed E-state index contributed by atoms with van der Waals surface area (Å²) in [7, 11) is 0. The Morgan fingerprint density at radius 3 is 2.90 bits per heavy atom. The zero-order valence-electron chi connectivity index (χ0n) is 11.6. The van der Waals surface area contributed by atoms with Crippen LogP contribution < -0.4 is 9.64 Å². The van der Waals surface area contributed by atoms with Crippen molar-refractivity contribution in [1.82, 2.24) is 9.97 Å². The average Bonchev–Trinajstić information content (AvgIpc) is 3.32. The van der Waals surface area contributed by atoms with Gasteiger partial charge in [0.05, 0.1) is 6.54 Å². The van der Waals surface area contributed by atoms with Gasteiger partial charge in [-0.15, -0.1) is 0 Å². The monoisotopic (exact) mass is 345 g/mol. The van der Waals surface area contributed by atoms with Crippen molar-refractivity contribution in [3.63, 3.8) is 0 Å². The van der Waals surface area contributed by atoms with Crippen molar-refractivity contribution in [2.75, 3.05) is 18.1 Å². The third-order valence-corrected chi connectivity index (χ3v) is 4.32. The number of ether oxygens (including phenoxy) is 1. The van der Waals surface area contributed by atoms with Crippen LogP contribution >= 0.6 is 15.9 Å². The van der Waals surface area contributed by atoms with Crippen molar-refractivity contribution >= 4 is 21.7 Å². The first-order valence-electron chi connectivity index (χ1n) is 7.30. The highest BCUT2D eigenvalue weighted by Crippen LogP contribution is 2.39. The molecule has 0 atom stereocenters. The summed E-state index contributed by atoms with van der Waals surface area (Å²) in [4.78, 5) is 11.5. The third-order valence-electron chi connectivity index (χ3n) is 3.92. The minimum absolute atomic E-state index is 0.553. The maximum atomic E-state index is 5.82. The lowest BCUT2D eigenvalue weighted by molar-refractivity contribution is 0.331. The lowest BCUT2D eigenvalue weighted by atomic mass is 10.2. The highest BCUT2D eigenvalue weighted by Gasteiger charge is 2.28. The fourth-order valence-corrected chi connectivity index (χ4v) is 3.02. The van der Waals surface area contributed by atoms with E-state index in [4.69, 9.17) is 9.72 Å². The molecule has 1 aromatic carbocycles. The van der Waals surface area contributed by atoms with E-state index < -0.39 is 0 Å². The lowest BCUT2D eigenvalue weighted by Gasteiger charge is -2.21. The molecule has 4 rings (SSSR count). The van der Waals surface area contributed by atoms with Crippen LogP contribution in [0.2, 0.25) is 0 Å². The van der Waals surface area contributed by atoms with Gasteiger partial charge in [0.1, 0.15) is 28.6 Å². The van der Waals surface area contributed by atoms with Gasteiger partial charge in [-0.1, -0.05) is 18.2 Å². The molecule has 1 aliphatic heterocycles. The number of hydrogen-bond donors (Lipinski definition) is 0. The van der Waals surface area contributed by atoms with Crippen molar-refractivity contribution < 1.29 is 4.74 Å². The first-order chi connectivity index (χ1) is 10.3. The summed E-state index contributed by atoms with van der Waals surface area (Å²) in [6, 6.07) is 10.2. The fraction of sp³-hybridized carbons (Fsp3) is 0.375. The Bertz CT molecular complexity index is 672. The summed E-state index contributed by atoms with van der Waals surface area (Å²) in [5.41, 5.74) is 1.21. The molecule has 1 fully saturated rings. The Hall–Kier alpha value is -1.62.